The molecular formula is C19H22FNO4. The van der Waals surface area contributed by atoms with Crippen molar-refractivity contribution in [1.82, 2.24) is 4.90 Å². The van der Waals surface area contributed by atoms with Crippen LogP contribution in [0.5, 0.6) is 11.5 Å². The Hall–Kier alpha value is -2.60. The van der Waals surface area contributed by atoms with Crippen LogP contribution in [-0.2, 0) is 16.1 Å². The smallest absolute Gasteiger partial charge is 0.347 e. The third-order valence-electron chi connectivity index (χ3n) is 3.60. The molecule has 1 N–H and O–H groups in total. The second-order valence-electron chi connectivity index (χ2n) is 5.75. The summed E-state index contributed by atoms with van der Waals surface area (Å²) in [7, 11) is 1.83. The van der Waals surface area contributed by atoms with Gasteiger partial charge in [0.15, 0.2) is 6.10 Å². The molecule has 5 nitrogen and oxygen atoms in total. The summed E-state index contributed by atoms with van der Waals surface area (Å²) in [4.78, 5) is 13.8. The fourth-order valence-electron chi connectivity index (χ4n) is 2.19. The molecule has 0 aliphatic rings. The number of halogens is 1. The monoisotopic (exact) mass is 347 g/mol. The van der Waals surface area contributed by atoms with Gasteiger partial charge in [-0.2, -0.15) is 0 Å². The maximum atomic E-state index is 13.6. The number of benzene rings is 2. The van der Waals surface area contributed by atoms with Crippen molar-refractivity contribution in [3.63, 3.8) is 0 Å². The Morgan fingerprint density at radius 1 is 1.20 bits per heavy atom. The van der Waals surface area contributed by atoms with Gasteiger partial charge in [0.2, 0.25) is 0 Å². The first-order chi connectivity index (χ1) is 12.0. The van der Waals surface area contributed by atoms with Gasteiger partial charge in [-0.1, -0.05) is 18.2 Å². The summed E-state index contributed by atoms with van der Waals surface area (Å²) < 4.78 is 24.2. The van der Waals surface area contributed by atoms with E-state index in [1.54, 1.807) is 37.3 Å². The van der Waals surface area contributed by atoms with Crippen molar-refractivity contribution in [2.45, 2.75) is 19.6 Å². The molecule has 1 unspecified atom stereocenters. The highest BCUT2D eigenvalue weighted by Gasteiger charge is 2.16. The Morgan fingerprint density at radius 2 is 1.88 bits per heavy atom. The predicted octanol–water partition coefficient (Wildman–Crippen LogP) is 2.97. The molecule has 0 fully saturated rings. The van der Waals surface area contributed by atoms with Gasteiger partial charge in [0.05, 0.1) is 0 Å². The summed E-state index contributed by atoms with van der Waals surface area (Å²) >= 11 is 0. The highest BCUT2D eigenvalue weighted by atomic mass is 19.1. The van der Waals surface area contributed by atoms with Crippen molar-refractivity contribution in [3.8, 4) is 11.5 Å². The van der Waals surface area contributed by atoms with Gasteiger partial charge in [0.1, 0.15) is 23.9 Å². The molecule has 0 aliphatic heterocycles. The van der Waals surface area contributed by atoms with Crippen LogP contribution in [0, 0.1) is 5.82 Å². The van der Waals surface area contributed by atoms with Crippen LogP contribution < -0.4 is 4.74 Å². The number of aromatic hydroxyl groups is 1. The van der Waals surface area contributed by atoms with E-state index in [4.69, 9.17) is 9.47 Å². The zero-order valence-electron chi connectivity index (χ0n) is 14.3. The van der Waals surface area contributed by atoms with Crippen molar-refractivity contribution in [2.75, 3.05) is 20.2 Å². The number of nitrogens with zero attached hydrogens (tertiary/aromatic N) is 1. The first-order valence-electron chi connectivity index (χ1n) is 8.00. The van der Waals surface area contributed by atoms with E-state index in [0.717, 1.165) is 0 Å². The minimum absolute atomic E-state index is 0.125. The second kappa shape index (κ2) is 9.03. The molecule has 25 heavy (non-hydrogen) atoms. The van der Waals surface area contributed by atoms with E-state index in [0.29, 0.717) is 24.4 Å². The molecule has 0 aliphatic carbocycles. The van der Waals surface area contributed by atoms with Crippen LogP contribution in [0.4, 0.5) is 4.39 Å². The summed E-state index contributed by atoms with van der Waals surface area (Å²) in [6.07, 6.45) is -0.763. The molecule has 0 heterocycles. The maximum absolute atomic E-state index is 13.6. The first-order valence-corrected chi connectivity index (χ1v) is 8.00. The lowest BCUT2D eigenvalue weighted by Gasteiger charge is -2.18. The largest absolute Gasteiger partial charge is 0.508 e. The third kappa shape index (κ3) is 6.08. The number of carbonyl (C=O) groups excluding carboxylic acids is 1. The standard InChI is InChI=1S/C19H22FNO4/c1-14(25-17-9-7-16(22)8-10-17)19(23)24-12-11-21(2)13-15-5-3-4-6-18(15)20/h3-10,14,22H,11-13H2,1-2H3. The Bertz CT molecular complexity index is 690. The fourth-order valence-corrected chi connectivity index (χ4v) is 2.19. The summed E-state index contributed by atoms with van der Waals surface area (Å²) in [5, 5.41) is 9.22. The lowest BCUT2D eigenvalue weighted by molar-refractivity contribution is -0.151. The zero-order valence-corrected chi connectivity index (χ0v) is 14.3. The Kier molecular flexibility index (Phi) is 6.77. The Labute approximate surface area is 146 Å². The number of rotatable bonds is 8. The highest BCUT2D eigenvalue weighted by molar-refractivity contribution is 5.74. The Morgan fingerprint density at radius 3 is 2.56 bits per heavy atom. The summed E-state index contributed by atoms with van der Waals surface area (Å²) in [5.74, 6) is -0.131. The lowest BCUT2D eigenvalue weighted by Crippen LogP contribution is -2.30. The van der Waals surface area contributed by atoms with Crippen LogP contribution in [0.25, 0.3) is 0 Å². The van der Waals surface area contributed by atoms with E-state index in [1.165, 1.54) is 18.2 Å². The van der Waals surface area contributed by atoms with Gasteiger partial charge in [0, 0.05) is 18.7 Å². The molecule has 0 bridgehead atoms. The second-order valence-corrected chi connectivity index (χ2v) is 5.75. The van der Waals surface area contributed by atoms with Crippen LogP contribution in [-0.4, -0.2) is 42.3 Å². The summed E-state index contributed by atoms with van der Waals surface area (Å²) in [6.45, 7) is 2.70. The van der Waals surface area contributed by atoms with Gasteiger partial charge in [0.25, 0.3) is 0 Å². The average molecular weight is 347 g/mol. The molecule has 134 valence electrons. The molecule has 0 spiro atoms. The predicted molar refractivity (Wildman–Crippen MR) is 91.9 cm³/mol. The quantitative estimate of drug-likeness (QED) is 0.744. The Balaban J connectivity index is 1.72. The molecule has 1 atom stereocenters. The normalized spacial score (nSPS) is 12.0. The molecule has 0 saturated heterocycles. The third-order valence-corrected chi connectivity index (χ3v) is 3.60. The van der Waals surface area contributed by atoms with Crippen LogP contribution in [0.15, 0.2) is 48.5 Å². The van der Waals surface area contributed by atoms with Gasteiger partial charge in [-0.15, -0.1) is 0 Å². The number of hydrogen-bond donors (Lipinski definition) is 1. The van der Waals surface area contributed by atoms with Gasteiger partial charge < -0.3 is 14.6 Å². The highest BCUT2D eigenvalue weighted by Crippen LogP contribution is 2.17. The van der Waals surface area contributed by atoms with Crippen molar-refractivity contribution < 1.29 is 23.8 Å². The van der Waals surface area contributed by atoms with E-state index in [9.17, 15) is 14.3 Å². The number of hydrogen-bond acceptors (Lipinski definition) is 5. The fraction of sp³-hybridized carbons (Fsp3) is 0.316. The van der Waals surface area contributed by atoms with Gasteiger partial charge in [-0.3, -0.25) is 4.90 Å². The number of carbonyl (C=O) groups is 1. The number of phenolic OH excluding ortho intramolecular Hbond substituents is 1. The number of ether oxygens (including phenoxy) is 2. The average Bonchev–Trinajstić information content (AvgIpc) is 2.59. The van der Waals surface area contributed by atoms with Gasteiger partial charge in [-0.05, 0) is 44.3 Å². The van der Waals surface area contributed by atoms with E-state index >= 15 is 0 Å². The van der Waals surface area contributed by atoms with Crippen molar-refractivity contribution in [2.24, 2.45) is 0 Å². The molecule has 0 amide bonds. The van der Waals surface area contributed by atoms with Crippen molar-refractivity contribution in [1.29, 1.82) is 0 Å². The van der Waals surface area contributed by atoms with E-state index < -0.39 is 12.1 Å². The minimum atomic E-state index is -0.763. The zero-order chi connectivity index (χ0) is 18.2. The van der Waals surface area contributed by atoms with Crippen molar-refractivity contribution >= 4 is 5.97 Å². The van der Waals surface area contributed by atoms with Crippen LogP contribution in [0.3, 0.4) is 0 Å². The van der Waals surface area contributed by atoms with Crippen molar-refractivity contribution in [3.05, 3.63) is 59.9 Å². The molecule has 2 aromatic rings. The van der Waals surface area contributed by atoms with Gasteiger partial charge in [-0.25, -0.2) is 9.18 Å². The van der Waals surface area contributed by atoms with E-state index in [1.807, 2.05) is 11.9 Å². The molecule has 0 radical (unpaired) electrons. The molecular weight excluding hydrogens is 325 g/mol. The van der Waals surface area contributed by atoms with Crippen LogP contribution in [0.1, 0.15) is 12.5 Å². The minimum Gasteiger partial charge on any atom is -0.508 e. The van der Waals surface area contributed by atoms with Crippen LogP contribution in [0.2, 0.25) is 0 Å². The molecule has 2 rings (SSSR count). The number of esters is 1. The SMILES string of the molecule is CC(Oc1ccc(O)cc1)C(=O)OCCN(C)Cc1ccccc1F. The molecule has 0 saturated carbocycles. The van der Waals surface area contributed by atoms with E-state index in [-0.39, 0.29) is 18.2 Å². The first kappa shape index (κ1) is 18.7. The van der Waals surface area contributed by atoms with E-state index in [2.05, 4.69) is 0 Å². The van der Waals surface area contributed by atoms with Crippen LogP contribution >= 0.6 is 0 Å². The summed E-state index contributed by atoms with van der Waals surface area (Å²) in [6, 6.07) is 12.7. The molecule has 6 heteroatoms. The molecule has 0 aromatic heterocycles. The number of likely N-dealkylation sites (N-methyl/N-ethyl adjacent to an activating group) is 1. The molecule has 2 aromatic carbocycles. The number of phenols is 1. The van der Waals surface area contributed by atoms with Gasteiger partial charge >= 0.3 is 5.97 Å². The maximum Gasteiger partial charge on any atom is 0.347 e. The summed E-state index contributed by atoms with van der Waals surface area (Å²) in [5.41, 5.74) is 0.598. The lowest BCUT2D eigenvalue weighted by atomic mass is 10.2. The topological polar surface area (TPSA) is 59.0 Å².